The van der Waals surface area contributed by atoms with Gasteiger partial charge in [-0.3, -0.25) is 14.9 Å². The third kappa shape index (κ3) is 4.79. The summed E-state index contributed by atoms with van der Waals surface area (Å²) < 4.78 is 4.92. The van der Waals surface area contributed by atoms with E-state index in [1.54, 1.807) is 12.1 Å². The first-order valence-electron chi connectivity index (χ1n) is 7.96. The summed E-state index contributed by atoms with van der Waals surface area (Å²) in [6.45, 7) is 1.54. The molecule has 2 aromatic rings. The van der Waals surface area contributed by atoms with Crippen LogP contribution in [0.1, 0.15) is 22.8 Å². The highest BCUT2D eigenvalue weighted by molar-refractivity contribution is 5.96. The fourth-order valence-corrected chi connectivity index (χ4v) is 2.26. The van der Waals surface area contributed by atoms with E-state index in [-0.39, 0.29) is 16.9 Å². The molecule has 0 unspecified atom stereocenters. The largest absolute Gasteiger partial charge is 0.452 e. The Hall–Kier alpha value is -3.42. The Kier molecular flexibility index (Phi) is 6.26. The molecule has 0 atom stereocenters. The van der Waals surface area contributed by atoms with E-state index in [0.717, 1.165) is 18.1 Å². The van der Waals surface area contributed by atoms with Crippen LogP contribution in [-0.4, -0.2) is 30.5 Å². The van der Waals surface area contributed by atoms with Gasteiger partial charge in [0.2, 0.25) is 0 Å². The quantitative estimate of drug-likeness (QED) is 0.448. The van der Waals surface area contributed by atoms with Crippen molar-refractivity contribution in [3.8, 4) is 0 Å². The number of nitrogens with one attached hydrogen (secondary N) is 2. The first-order chi connectivity index (χ1) is 12.4. The minimum atomic E-state index is -0.813. The molecule has 26 heavy (non-hydrogen) atoms. The summed E-state index contributed by atoms with van der Waals surface area (Å²) in [5.74, 6) is -1.31. The summed E-state index contributed by atoms with van der Waals surface area (Å²) >= 11 is 0. The van der Waals surface area contributed by atoms with Gasteiger partial charge in [0, 0.05) is 18.8 Å². The van der Waals surface area contributed by atoms with Gasteiger partial charge < -0.3 is 15.4 Å². The normalized spacial score (nSPS) is 10.1. The molecule has 136 valence electrons. The van der Waals surface area contributed by atoms with Gasteiger partial charge in [-0.25, -0.2) is 4.79 Å². The molecule has 0 aliphatic rings. The highest BCUT2D eigenvalue weighted by Crippen LogP contribution is 2.25. The lowest BCUT2D eigenvalue weighted by atomic mass is 10.1. The van der Waals surface area contributed by atoms with Crippen molar-refractivity contribution >= 4 is 28.9 Å². The Morgan fingerprint density at radius 3 is 2.42 bits per heavy atom. The van der Waals surface area contributed by atoms with Crippen molar-refractivity contribution < 1.29 is 19.2 Å². The van der Waals surface area contributed by atoms with Crippen LogP contribution in [0.25, 0.3) is 0 Å². The molecule has 2 N–H and O–H groups in total. The zero-order valence-electron chi connectivity index (χ0n) is 14.4. The number of hydrogen-bond donors (Lipinski definition) is 2. The van der Waals surface area contributed by atoms with Gasteiger partial charge in [0.25, 0.3) is 11.6 Å². The number of aryl methyl sites for hydroxylation is 1. The summed E-state index contributed by atoms with van der Waals surface area (Å²) in [5.41, 5.74) is 1.76. The Labute approximate surface area is 150 Å². The lowest BCUT2D eigenvalue weighted by molar-refractivity contribution is -0.384. The summed E-state index contributed by atoms with van der Waals surface area (Å²) in [6, 6.07) is 11.2. The average molecular weight is 357 g/mol. The van der Waals surface area contributed by atoms with Crippen molar-refractivity contribution in [3.05, 3.63) is 63.7 Å². The summed E-state index contributed by atoms with van der Waals surface area (Å²) in [5, 5.41) is 16.3. The maximum atomic E-state index is 12.0. The molecule has 0 heterocycles. The maximum Gasteiger partial charge on any atom is 0.338 e. The number of nitro groups is 1. The zero-order chi connectivity index (χ0) is 19.1. The SMILES string of the molecule is CCc1ccc(NC(=O)COC(=O)c2ccc(NC)c([N+](=O)[O-])c2)cc1. The summed E-state index contributed by atoms with van der Waals surface area (Å²) in [6.07, 6.45) is 0.893. The summed E-state index contributed by atoms with van der Waals surface area (Å²) in [4.78, 5) is 34.3. The Balaban J connectivity index is 1.96. The molecule has 0 aliphatic carbocycles. The van der Waals surface area contributed by atoms with Crippen molar-refractivity contribution in [3.63, 3.8) is 0 Å². The van der Waals surface area contributed by atoms with Crippen molar-refractivity contribution in [2.45, 2.75) is 13.3 Å². The van der Waals surface area contributed by atoms with Crippen molar-refractivity contribution in [1.82, 2.24) is 0 Å². The van der Waals surface area contributed by atoms with Gasteiger partial charge in [-0.2, -0.15) is 0 Å². The fraction of sp³-hybridized carbons (Fsp3) is 0.222. The first kappa shape index (κ1) is 18.9. The lowest BCUT2D eigenvalue weighted by Gasteiger charge is -2.08. The van der Waals surface area contributed by atoms with Crippen LogP contribution in [0.5, 0.6) is 0 Å². The van der Waals surface area contributed by atoms with Gasteiger partial charge in [-0.1, -0.05) is 19.1 Å². The van der Waals surface area contributed by atoms with Crippen LogP contribution < -0.4 is 10.6 Å². The highest BCUT2D eigenvalue weighted by atomic mass is 16.6. The number of benzene rings is 2. The van der Waals surface area contributed by atoms with E-state index in [4.69, 9.17) is 4.74 Å². The zero-order valence-corrected chi connectivity index (χ0v) is 14.4. The van der Waals surface area contributed by atoms with E-state index in [0.29, 0.717) is 5.69 Å². The molecule has 8 nitrogen and oxygen atoms in total. The molecule has 0 fully saturated rings. The van der Waals surface area contributed by atoms with Crippen LogP contribution in [-0.2, 0) is 16.0 Å². The maximum absolute atomic E-state index is 12.0. The second-order valence-electron chi connectivity index (χ2n) is 5.41. The van der Waals surface area contributed by atoms with E-state index in [1.807, 2.05) is 19.1 Å². The second-order valence-corrected chi connectivity index (χ2v) is 5.41. The molecule has 8 heteroatoms. The van der Waals surface area contributed by atoms with Crippen molar-refractivity contribution in [2.75, 3.05) is 24.3 Å². The van der Waals surface area contributed by atoms with Crippen molar-refractivity contribution in [1.29, 1.82) is 0 Å². The Morgan fingerprint density at radius 2 is 1.85 bits per heavy atom. The van der Waals surface area contributed by atoms with Gasteiger partial charge in [0.1, 0.15) is 5.69 Å². The van der Waals surface area contributed by atoms with Gasteiger partial charge in [-0.15, -0.1) is 0 Å². The van der Waals surface area contributed by atoms with Gasteiger partial charge in [0.15, 0.2) is 6.61 Å². The minimum Gasteiger partial charge on any atom is -0.452 e. The van der Waals surface area contributed by atoms with Crippen LogP contribution in [0.2, 0.25) is 0 Å². The standard InChI is InChI=1S/C18H19N3O5/c1-3-12-4-7-14(8-5-12)20-17(22)11-26-18(23)13-6-9-15(19-2)16(10-13)21(24)25/h4-10,19H,3,11H2,1-2H3,(H,20,22). The van der Waals surface area contributed by atoms with E-state index < -0.39 is 23.4 Å². The second kappa shape index (κ2) is 8.61. The third-order valence-electron chi connectivity index (χ3n) is 3.68. The monoisotopic (exact) mass is 357 g/mol. The van der Waals surface area contributed by atoms with Gasteiger partial charge in [-0.05, 0) is 36.2 Å². The molecule has 0 saturated carbocycles. The molecule has 0 bridgehead atoms. The smallest absolute Gasteiger partial charge is 0.338 e. The van der Waals surface area contributed by atoms with E-state index in [1.165, 1.54) is 19.2 Å². The third-order valence-corrected chi connectivity index (χ3v) is 3.68. The van der Waals surface area contributed by atoms with Gasteiger partial charge >= 0.3 is 5.97 Å². The van der Waals surface area contributed by atoms with E-state index in [2.05, 4.69) is 10.6 Å². The predicted molar refractivity (Wildman–Crippen MR) is 97.4 cm³/mol. The molecule has 2 rings (SSSR count). The average Bonchev–Trinajstić information content (AvgIpc) is 2.66. The topological polar surface area (TPSA) is 111 Å². The number of carbonyl (C=O) groups is 2. The predicted octanol–water partition coefficient (Wildman–Crippen LogP) is 2.99. The van der Waals surface area contributed by atoms with Crippen molar-refractivity contribution in [2.24, 2.45) is 0 Å². The number of rotatable bonds is 7. The molecular formula is C18H19N3O5. The van der Waals surface area contributed by atoms with E-state index in [9.17, 15) is 19.7 Å². The number of nitro benzene ring substituents is 1. The van der Waals surface area contributed by atoms with Crippen LogP contribution in [0.4, 0.5) is 17.1 Å². The summed E-state index contributed by atoms with van der Waals surface area (Å²) in [7, 11) is 1.54. The number of esters is 1. The molecule has 1 amide bonds. The van der Waals surface area contributed by atoms with Crippen LogP contribution >= 0.6 is 0 Å². The van der Waals surface area contributed by atoms with Crippen LogP contribution in [0.3, 0.4) is 0 Å². The highest BCUT2D eigenvalue weighted by Gasteiger charge is 2.18. The first-order valence-corrected chi connectivity index (χ1v) is 7.96. The van der Waals surface area contributed by atoms with E-state index >= 15 is 0 Å². The number of nitrogens with zero attached hydrogens (tertiary/aromatic N) is 1. The molecule has 0 saturated heterocycles. The Bertz CT molecular complexity index is 818. The Morgan fingerprint density at radius 1 is 1.15 bits per heavy atom. The number of ether oxygens (including phenoxy) is 1. The molecule has 0 aromatic heterocycles. The molecule has 0 aliphatic heterocycles. The van der Waals surface area contributed by atoms with Gasteiger partial charge in [0.05, 0.1) is 10.5 Å². The fourth-order valence-electron chi connectivity index (χ4n) is 2.26. The lowest BCUT2D eigenvalue weighted by Crippen LogP contribution is -2.21. The molecule has 2 aromatic carbocycles. The van der Waals surface area contributed by atoms with Crippen LogP contribution in [0, 0.1) is 10.1 Å². The molecular weight excluding hydrogens is 338 g/mol. The number of carbonyl (C=O) groups excluding carboxylic acids is 2. The number of amides is 1. The van der Waals surface area contributed by atoms with Crippen LogP contribution in [0.15, 0.2) is 42.5 Å². The molecule has 0 radical (unpaired) electrons. The number of anilines is 2. The number of hydrogen-bond acceptors (Lipinski definition) is 6. The molecule has 0 spiro atoms. The minimum absolute atomic E-state index is 0.00389.